The highest BCUT2D eigenvalue weighted by atomic mass is 35.5. The summed E-state index contributed by atoms with van der Waals surface area (Å²) in [6.07, 6.45) is 1.61. The fraction of sp³-hybridized carbons (Fsp3) is 0.130. The van der Waals surface area contributed by atoms with E-state index in [1.54, 1.807) is 17.9 Å². The molecule has 0 aliphatic heterocycles. The van der Waals surface area contributed by atoms with Gasteiger partial charge in [-0.3, -0.25) is 4.79 Å². The summed E-state index contributed by atoms with van der Waals surface area (Å²) in [5.41, 5.74) is 3.28. The standard InChI is InChI=1S/C23H20ClN3O3/c1-16-21(22(24)27(26-16)19-9-3-2-4-10-19)23(28)25-18-8-5-7-17(13-18)14-29-15-20-11-6-12-30-20/h2-13H,14-15H2,1H3,(H,25,28). The van der Waals surface area contributed by atoms with Crippen LogP contribution >= 0.6 is 11.6 Å². The first-order valence-corrected chi connectivity index (χ1v) is 9.80. The average molecular weight is 422 g/mol. The van der Waals surface area contributed by atoms with Crippen LogP contribution in [0.5, 0.6) is 0 Å². The topological polar surface area (TPSA) is 69.3 Å². The van der Waals surface area contributed by atoms with Gasteiger partial charge in [-0.15, -0.1) is 0 Å². The van der Waals surface area contributed by atoms with E-state index in [-0.39, 0.29) is 11.1 Å². The molecule has 4 aromatic rings. The molecule has 6 nitrogen and oxygen atoms in total. The van der Waals surface area contributed by atoms with Crippen molar-refractivity contribution >= 4 is 23.2 Å². The smallest absolute Gasteiger partial charge is 0.260 e. The van der Waals surface area contributed by atoms with Crippen LogP contribution in [0.4, 0.5) is 5.69 Å². The lowest BCUT2D eigenvalue weighted by atomic mass is 10.2. The first-order chi connectivity index (χ1) is 14.6. The molecular formula is C23H20ClN3O3. The van der Waals surface area contributed by atoms with Crippen LogP contribution in [0.1, 0.15) is 27.4 Å². The van der Waals surface area contributed by atoms with Crippen LogP contribution in [0.3, 0.4) is 0 Å². The van der Waals surface area contributed by atoms with Gasteiger partial charge in [0, 0.05) is 5.69 Å². The summed E-state index contributed by atoms with van der Waals surface area (Å²) < 4.78 is 12.5. The third-order valence-corrected chi connectivity index (χ3v) is 4.86. The summed E-state index contributed by atoms with van der Waals surface area (Å²) in [5, 5.41) is 7.59. The van der Waals surface area contributed by atoms with E-state index in [1.165, 1.54) is 0 Å². The van der Waals surface area contributed by atoms with Gasteiger partial charge in [0.2, 0.25) is 0 Å². The lowest BCUT2D eigenvalue weighted by Gasteiger charge is -2.08. The Morgan fingerprint density at radius 2 is 1.93 bits per heavy atom. The Labute approximate surface area is 179 Å². The Bertz CT molecular complexity index is 1140. The number of hydrogen-bond donors (Lipinski definition) is 1. The Morgan fingerprint density at radius 3 is 2.70 bits per heavy atom. The molecule has 0 bridgehead atoms. The number of aromatic nitrogens is 2. The van der Waals surface area contributed by atoms with E-state index in [0.29, 0.717) is 30.2 Å². The maximum Gasteiger partial charge on any atom is 0.260 e. The molecular weight excluding hydrogens is 402 g/mol. The van der Waals surface area contributed by atoms with Crippen LogP contribution in [-0.2, 0) is 18.0 Å². The van der Waals surface area contributed by atoms with Crippen molar-refractivity contribution in [2.24, 2.45) is 0 Å². The predicted octanol–water partition coefficient (Wildman–Crippen LogP) is 5.40. The predicted molar refractivity (Wildman–Crippen MR) is 115 cm³/mol. The van der Waals surface area contributed by atoms with Crippen molar-refractivity contribution in [3.05, 3.63) is 101 Å². The summed E-state index contributed by atoms with van der Waals surface area (Å²) in [4.78, 5) is 12.9. The molecule has 0 aliphatic carbocycles. The molecule has 1 N–H and O–H groups in total. The van der Waals surface area contributed by atoms with E-state index in [2.05, 4.69) is 10.4 Å². The van der Waals surface area contributed by atoms with Gasteiger partial charge in [-0.25, -0.2) is 4.68 Å². The van der Waals surface area contributed by atoms with Gasteiger partial charge < -0.3 is 14.5 Å². The summed E-state index contributed by atoms with van der Waals surface area (Å²) >= 11 is 6.48. The number of anilines is 1. The third kappa shape index (κ3) is 4.45. The number of hydrogen-bond acceptors (Lipinski definition) is 4. The Kier molecular flexibility index (Phi) is 5.97. The largest absolute Gasteiger partial charge is 0.467 e. The van der Waals surface area contributed by atoms with Crippen molar-refractivity contribution < 1.29 is 13.9 Å². The molecule has 2 heterocycles. The van der Waals surface area contributed by atoms with Crippen molar-refractivity contribution in [2.45, 2.75) is 20.1 Å². The van der Waals surface area contributed by atoms with Crippen LogP contribution < -0.4 is 5.32 Å². The fourth-order valence-corrected chi connectivity index (χ4v) is 3.45. The highest BCUT2D eigenvalue weighted by molar-refractivity contribution is 6.34. The number of halogens is 1. The molecule has 152 valence electrons. The van der Waals surface area contributed by atoms with Gasteiger partial charge in [-0.05, 0) is 48.9 Å². The number of amides is 1. The van der Waals surface area contributed by atoms with E-state index in [4.69, 9.17) is 20.8 Å². The molecule has 0 aliphatic rings. The zero-order chi connectivity index (χ0) is 20.9. The number of aryl methyl sites for hydroxylation is 1. The number of furan rings is 1. The van der Waals surface area contributed by atoms with Gasteiger partial charge in [-0.1, -0.05) is 41.9 Å². The molecule has 7 heteroatoms. The number of carbonyl (C=O) groups excluding carboxylic acids is 1. The maximum atomic E-state index is 12.9. The lowest BCUT2D eigenvalue weighted by molar-refractivity contribution is 0.0929. The summed E-state index contributed by atoms with van der Waals surface area (Å²) in [5.74, 6) is 0.452. The molecule has 0 atom stereocenters. The van der Waals surface area contributed by atoms with Crippen LogP contribution in [0.2, 0.25) is 5.15 Å². The zero-order valence-electron chi connectivity index (χ0n) is 16.3. The highest BCUT2D eigenvalue weighted by Crippen LogP contribution is 2.25. The number of nitrogens with zero attached hydrogens (tertiary/aromatic N) is 2. The molecule has 0 radical (unpaired) electrons. The molecule has 4 rings (SSSR count). The van der Waals surface area contributed by atoms with Crippen LogP contribution in [-0.4, -0.2) is 15.7 Å². The summed E-state index contributed by atoms with van der Waals surface area (Å²) in [7, 11) is 0. The molecule has 0 fully saturated rings. The average Bonchev–Trinajstić information content (AvgIpc) is 3.36. The van der Waals surface area contributed by atoms with E-state index in [1.807, 2.05) is 66.7 Å². The van der Waals surface area contributed by atoms with Crippen molar-refractivity contribution in [1.82, 2.24) is 9.78 Å². The van der Waals surface area contributed by atoms with Crippen molar-refractivity contribution in [3.8, 4) is 5.69 Å². The van der Waals surface area contributed by atoms with Gasteiger partial charge in [-0.2, -0.15) is 5.10 Å². The van der Waals surface area contributed by atoms with Gasteiger partial charge in [0.15, 0.2) is 0 Å². The minimum absolute atomic E-state index is 0.272. The van der Waals surface area contributed by atoms with Gasteiger partial charge >= 0.3 is 0 Å². The monoisotopic (exact) mass is 421 g/mol. The fourth-order valence-electron chi connectivity index (χ4n) is 3.09. The molecule has 0 saturated carbocycles. The minimum atomic E-state index is -0.312. The molecule has 2 aromatic heterocycles. The van der Waals surface area contributed by atoms with Gasteiger partial charge in [0.1, 0.15) is 23.1 Å². The van der Waals surface area contributed by atoms with Crippen molar-refractivity contribution in [1.29, 1.82) is 0 Å². The SMILES string of the molecule is Cc1nn(-c2ccccc2)c(Cl)c1C(=O)Nc1cccc(COCc2ccco2)c1. The first-order valence-electron chi connectivity index (χ1n) is 9.43. The number of para-hydroxylation sites is 1. The van der Waals surface area contributed by atoms with Crippen molar-refractivity contribution in [2.75, 3.05) is 5.32 Å². The second-order valence-electron chi connectivity index (χ2n) is 6.73. The number of carbonyl (C=O) groups is 1. The Balaban J connectivity index is 1.46. The van der Waals surface area contributed by atoms with Crippen LogP contribution in [0.25, 0.3) is 5.69 Å². The summed E-state index contributed by atoms with van der Waals surface area (Å²) in [6.45, 7) is 2.55. The Morgan fingerprint density at radius 1 is 1.10 bits per heavy atom. The van der Waals surface area contributed by atoms with Crippen molar-refractivity contribution in [3.63, 3.8) is 0 Å². The van der Waals surface area contributed by atoms with Gasteiger partial charge in [0.05, 0.1) is 24.3 Å². The minimum Gasteiger partial charge on any atom is -0.467 e. The highest BCUT2D eigenvalue weighted by Gasteiger charge is 2.21. The number of rotatable bonds is 7. The normalized spacial score (nSPS) is 10.9. The third-order valence-electron chi connectivity index (χ3n) is 4.51. The number of ether oxygens (including phenoxy) is 1. The molecule has 1 amide bonds. The lowest BCUT2D eigenvalue weighted by Crippen LogP contribution is -2.13. The van der Waals surface area contributed by atoms with Gasteiger partial charge in [0.25, 0.3) is 5.91 Å². The Hall–Kier alpha value is -3.35. The van der Waals surface area contributed by atoms with E-state index in [0.717, 1.165) is 17.0 Å². The van der Waals surface area contributed by atoms with Crippen LogP contribution in [0.15, 0.2) is 77.4 Å². The van der Waals surface area contributed by atoms with E-state index >= 15 is 0 Å². The summed E-state index contributed by atoms with van der Waals surface area (Å²) in [6, 6.07) is 20.6. The maximum absolute atomic E-state index is 12.9. The first kappa shape index (κ1) is 19.9. The van der Waals surface area contributed by atoms with Crippen LogP contribution in [0, 0.1) is 6.92 Å². The molecule has 30 heavy (non-hydrogen) atoms. The molecule has 0 unspecified atom stereocenters. The number of benzene rings is 2. The zero-order valence-corrected chi connectivity index (χ0v) is 17.1. The van der Waals surface area contributed by atoms with E-state index in [9.17, 15) is 4.79 Å². The molecule has 2 aromatic carbocycles. The second kappa shape index (κ2) is 8.98. The molecule has 0 spiro atoms. The van der Waals surface area contributed by atoms with E-state index < -0.39 is 0 Å². The quantitative estimate of drug-likeness (QED) is 0.434. The molecule has 0 saturated heterocycles. The number of nitrogens with one attached hydrogen (secondary N) is 1. The second-order valence-corrected chi connectivity index (χ2v) is 7.08.